The molecular weight excluding hydrogens is 411 g/mol. The fourth-order valence-electron chi connectivity index (χ4n) is 2.92. The van der Waals surface area contributed by atoms with Gasteiger partial charge < -0.3 is 15.1 Å². The second kappa shape index (κ2) is 9.52. The summed E-state index contributed by atoms with van der Waals surface area (Å²) in [5.41, 5.74) is 2.58. The number of benzene rings is 2. The third kappa shape index (κ3) is 4.87. The van der Waals surface area contributed by atoms with Gasteiger partial charge in [-0.1, -0.05) is 48.5 Å². The van der Waals surface area contributed by atoms with Gasteiger partial charge in [-0.25, -0.2) is 0 Å². The lowest BCUT2D eigenvalue weighted by Crippen LogP contribution is -2.52. The van der Waals surface area contributed by atoms with Gasteiger partial charge in [0.25, 0.3) is 0 Å². The summed E-state index contributed by atoms with van der Waals surface area (Å²) in [6.45, 7) is 4.84. The molecule has 24 heavy (non-hydrogen) atoms. The van der Waals surface area contributed by atoms with E-state index in [2.05, 4.69) is 74.7 Å². The van der Waals surface area contributed by atoms with Crippen molar-refractivity contribution in [1.82, 2.24) is 10.2 Å². The highest BCUT2D eigenvalue weighted by atomic mass is 127. The molecule has 0 bridgehead atoms. The summed E-state index contributed by atoms with van der Waals surface area (Å²) in [7, 11) is 1.86. The molecule has 0 atom stereocenters. The summed E-state index contributed by atoms with van der Waals surface area (Å²) < 4.78 is 0. The minimum atomic E-state index is 0. The van der Waals surface area contributed by atoms with Crippen LogP contribution < -0.4 is 10.2 Å². The van der Waals surface area contributed by atoms with Crippen LogP contribution in [-0.2, 0) is 6.54 Å². The zero-order chi connectivity index (χ0) is 15.9. The number of piperazine rings is 1. The van der Waals surface area contributed by atoms with Crippen molar-refractivity contribution < 1.29 is 0 Å². The first-order valence-electron chi connectivity index (χ1n) is 8.16. The SMILES string of the molecule is CN=C(NCc1ccccc1)N1CCN(c2ccccc2)CC1.I. The number of nitrogens with zero attached hydrogens (tertiary/aromatic N) is 3. The molecule has 0 saturated carbocycles. The van der Waals surface area contributed by atoms with Gasteiger partial charge in [-0.05, 0) is 17.7 Å². The van der Waals surface area contributed by atoms with Crippen LogP contribution >= 0.6 is 24.0 Å². The maximum Gasteiger partial charge on any atom is 0.194 e. The zero-order valence-corrected chi connectivity index (χ0v) is 16.4. The summed E-state index contributed by atoms with van der Waals surface area (Å²) in [5, 5.41) is 3.47. The highest BCUT2D eigenvalue weighted by Crippen LogP contribution is 2.15. The van der Waals surface area contributed by atoms with Crippen LogP contribution in [-0.4, -0.2) is 44.1 Å². The van der Waals surface area contributed by atoms with Crippen molar-refractivity contribution in [2.75, 3.05) is 38.1 Å². The Morgan fingerprint density at radius 2 is 1.50 bits per heavy atom. The predicted octanol–water partition coefficient (Wildman–Crippen LogP) is 3.20. The molecule has 128 valence electrons. The molecule has 0 unspecified atom stereocenters. The van der Waals surface area contributed by atoms with E-state index in [9.17, 15) is 0 Å². The third-order valence-electron chi connectivity index (χ3n) is 4.21. The van der Waals surface area contributed by atoms with Crippen LogP contribution in [0.15, 0.2) is 65.7 Å². The van der Waals surface area contributed by atoms with Crippen LogP contribution in [0.5, 0.6) is 0 Å². The van der Waals surface area contributed by atoms with E-state index in [1.165, 1.54) is 11.3 Å². The Bertz CT molecular complexity index is 622. The molecular formula is C19H25IN4. The van der Waals surface area contributed by atoms with Crippen molar-refractivity contribution in [3.05, 3.63) is 66.2 Å². The van der Waals surface area contributed by atoms with Gasteiger partial charge in [0, 0.05) is 45.5 Å². The summed E-state index contributed by atoms with van der Waals surface area (Å²) >= 11 is 0. The number of para-hydroxylation sites is 1. The molecule has 1 fully saturated rings. The molecule has 2 aromatic rings. The molecule has 1 N–H and O–H groups in total. The number of hydrogen-bond acceptors (Lipinski definition) is 2. The zero-order valence-electron chi connectivity index (χ0n) is 14.1. The molecule has 1 saturated heterocycles. The van der Waals surface area contributed by atoms with Gasteiger partial charge in [-0.3, -0.25) is 4.99 Å². The first kappa shape index (κ1) is 18.6. The van der Waals surface area contributed by atoms with Crippen LogP contribution in [0.2, 0.25) is 0 Å². The van der Waals surface area contributed by atoms with Gasteiger partial charge in [0.15, 0.2) is 5.96 Å². The van der Waals surface area contributed by atoms with Crippen LogP contribution in [0, 0.1) is 0 Å². The number of halogens is 1. The molecule has 0 aliphatic carbocycles. The average molecular weight is 436 g/mol. The van der Waals surface area contributed by atoms with E-state index in [1.54, 1.807) is 0 Å². The third-order valence-corrected chi connectivity index (χ3v) is 4.21. The number of anilines is 1. The minimum absolute atomic E-state index is 0. The molecule has 0 aromatic heterocycles. The highest BCUT2D eigenvalue weighted by molar-refractivity contribution is 14.0. The Labute approximate surface area is 161 Å². The number of guanidine groups is 1. The van der Waals surface area contributed by atoms with E-state index < -0.39 is 0 Å². The normalized spacial score (nSPS) is 15.0. The molecule has 2 aromatic carbocycles. The van der Waals surface area contributed by atoms with Gasteiger partial charge in [0.05, 0.1) is 0 Å². The summed E-state index contributed by atoms with van der Waals surface area (Å²) in [5.74, 6) is 0.988. The Hall–Kier alpha value is -1.76. The van der Waals surface area contributed by atoms with E-state index in [0.29, 0.717) is 0 Å². The monoisotopic (exact) mass is 436 g/mol. The number of rotatable bonds is 3. The van der Waals surface area contributed by atoms with E-state index >= 15 is 0 Å². The van der Waals surface area contributed by atoms with Gasteiger partial charge in [0.2, 0.25) is 0 Å². The van der Waals surface area contributed by atoms with Crippen LogP contribution in [0.4, 0.5) is 5.69 Å². The first-order valence-corrected chi connectivity index (χ1v) is 8.16. The molecule has 5 heteroatoms. The van der Waals surface area contributed by atoms with Crippen molar-refractivity contribution >= 4 is 35.6 Å². The lowest BCUT2D eigenvalue weighted by molar-refractivity contribution is 0.372. The molecule has 0 radical (unpaired) electrons. The van der Waals surface area contributed by atoms with E-state index in [1.807, 2.05) is 13.1 Å². The molecule has 4 nitrogen and oxygen atoms in total. The second-order valence-electron chi connectivity index (χ2n) is 5.70. The van der Waals surface area contributed by atoms with Crippen LogP contribution in [0.3, 0.4) is 0 Å². The standard InChI is InChI=1S/C19H24N4.HI/c1-20-19(21-16-17-8-4-2-5-9-17)23-14-12-22(13-15-23)18-10-6-3-7-11-18;/h2-11H,12-16H2,1H3,(H,20,21);1H. The van der Waals surface area contributed by atoms with Gasteiger partial charge in [0.1, 0.15) is 0 Å². The Balaban J connectivity index is 0.00000208. The minimum Gasteiger partial charge on any atom is -0.368 e. The van der Waals surface area contributed by atoms with Crippen LogP contribution in [0.25, 0.3) is 0 Å². The smallest absolute Gasteiger partial charge is 0.194 e. The largest absolute Gasteiger partial charge is 0.368 e. The molecule has 1 aliphatic heterocycles. The van der Waals surface area contributed by atoms with Crippen LogP contribution in [0.1, 0.15) is 5.56 Å². The topological polar surface area (TPSA) is 30.9 Å². The van der Waals surface area contributed by atoms with Crippen molar-refractivity contribution in [2.24, 2.45) is 4.99 Å². The van der Waals surface area contributed by atoms with E-state index in [4.69, 9.17) is 0 Å². The number of aliphatic imine (C=N–C) groups is 1. The second-order valence-corrected chi connectivity index (χ2v) is 5.70. The highest BCUT2D eigenvalue weighted by Gasteiger charge is 2.19. The maximum absolute atomic E-state index is 4.44. The Kier molecular flexibility index (Phi) is 7.36. The molecule has 3 rings (SSSR count). The molecule has 0 amide bonds. The molecule has 1 heterocycles. The summed E-state index contributed by atoms with van der Waals surface area (Å²) in [6, 6.07) is 21.1. The number of nitrogens with one attached hydrogen (secondary N) is 1. The Morgan fingerprint density at radius 3 is 2.08 bits per heavy atom. The summed E-state index contributed by atoms with van der Waals surface area (Å²) in [4.78, 5) is 9.20. The van der Waals surface area contributed by atoms with Gasteiger partial charge in [-0.2, -0.15) is 0 Å². The predicted molar refractivity (Wildman–Crippen MR) is 112 cm³/mol. The lowest BCUT2D eigenvalue weighted by Gasteiger charge is -2.37. The quantitative estimate of drug-likeness (QED) is 0.456. The lowest BCUT2D eigenvalue weighted by atomic mass is 10.2. The maximum atomic E-state index is 4.44. The average Bonchev–Trinajstić information content (AvgIpc) is 2.64. The van der Waals surface area contributed by atoms with Crippen molar-refractivity contribution in [2.45, 2.75) is 6.54 Å². The van der Waals surface area contributed by atoms with E-state index in [-0.39, 0.29) is 24.0 Å². The van der Waals surface area contributed by atoms with E-state index in [0.717, 1.165) is 38.7 Å². The molecule has 0 spiro atoms. The fourth-order valence-corrected chi connectivity index (χ4v) is 2.92. The number of hydrogen-bond donors (Lipinski definition) is 1. The molecule has 1 aliphatic rings. The van der Waals surface area contributed by atoms with Crippen molar-refractivity contribution in [3.8, 4) is 0 Å². The van der Waals surface area contributed by atoms with Gasteiger partial charge >= 0.3 is 0 Å². The van der Waals surface area contributed by atoms with Crippen molar-refractivity contribution in [3.63, 3.8) is 0 Å². The van der Waals surface area contributed by atoms with Crippen molar-refractivity contribution in [1.29, 1.82) is 0 Å². The summed E-state index contributed by atoms with van der Waals surface area (Å²) in [6.07, 6.45) is 0. The van der Waals surface area contributed by atoms with Gasteiger partial charge in [-0.15, -0.1) is 24.0 Å². The fraction of sp³-hybridized carbons (Fsp3) is 0.316. The Morgan fingerprint density at radius 1 is 0.917 bits per heavy atom. The first-order chi connectivity index (χ1) is 11.4.